The molecule has 0 aromatic carbocycles. The monoisotopic (exact) mass is 290 g/mol. The van der Waals surface area contributed by atoms with Crippen LogP contribution in [0.2, 0.25) is 0 Å². The summed E-state index contributed by atoms with van der Waals surface area (Å²) in [4.78, 5) is 4.00. The lowest BCUT2D eigenvalue weighted by Gasteiger charge is -2.44. The maximum absolute atomic E-state index is 13.0. The highest BCUT2D eigenvalue weighted by Gasteiger charge is 2.51. The van der Waals surface area contributed by atoms with Crippen molar-refractivity contribution in [1.82, 2.24) is 4.98 Å². The van der Waals surface area contributed by atoms with Crippen LogP contribution in [0.15, 0.2) is 18.3 Å². The first-order chi connectivity index (χ1) is 9.95. The topological polar surface area (TPSA) is 56.9 Å². The Morgan fingerprint density at radius 1 is 1.48 bits per heavy atom. The van der Waals surface area contributed by atoms with E-state index in [9.17, 15) is 14.8 Å². The van der Waals surface area contributed by atoms with Gasteiger partial charge in [-0.15, -0.1) is 0 Å². The molecule has 1 aromatic rings. The van der Waals surface area contributed by atoms with Gasteiger partial charge in [0, 0.05) is 0 Å². The molecule has 1 aliphatic carbocycles. The fraction of sp³-hybridized carbons (Fsp3) is 0.647. The van der Waals surface area contributed by atoms with Crippen molar-refractivity contribution in [3.8, 4) is 6.07 Å². The van der Waals surface area contributed by atoms with Crippen LogP contribution in [0.1, 0.15) is 58.1 Å². The van der Waals surface area contributed by atoms with E-state index in [1.54, 1.807) is 6.92 Å². The first kappa shape index (κ1) is 15.9. The van der Waals surface area contributed by atoms with Crippen LogP contribution in [-0.2, 0) is 5.60 Å². The van der Waals surface area contributed by atoms with Crippen molar-refractivity contribution in [1.29, 1.82) is 5.26 Å². The summed E-state index contributed by atoms with van der Waals surface area (Å²) in [7, 11) is 0. The smallest absolute Gasteiger partial charge is 0.141 e. The van der Waals surface area contributed by atoms with Gasteiger partial charge in [-0.2, -0.15) is 5.26 Å². The predicted octanol–water partition coefficient (Wildman–Crippen LogP) is 3.93. The van der Waals surface area contributed by atoms with Gasteiger partial charge in [-0.05, 0) is 50.7 Å². The summed E-state index contributed by atoms with van der Waals surface area (Å²) < 4.78 is 13.0. The van der Waals surface area contributed by atoms with E-state index in [0.29, 0.717) is 24.5 Å². The highest BCUT2D eigenvalue weighted by atomic mass is 19.1. The zero-order valence-corrected chi connectivity index (χ0v) is 12.8. The van der Waals surface area contributed by atoms with Crippen LogP contribution in [0.4, 0.5) is 4.39 Å². The van der Waals surface area contributed by atoms with Crippen molar-refractivity contribution < 1.29 is 9.50 Å². The first-order valence-electron chi connectivity index (χ1n) is 7.71. The zero-order valence-electron chi connectivity index (χ0n) is 12.8. The zero-order chi connectivity index (χ0) is 15.5. The molecule has 3 nitrogen and oxygen atoms in total. The molecule has 1 unspecified atom stereocenters. The highest BCUT2D eigenvalue weighted by molar-refractivity contribution is 5.23. The van der Waals surface area contributed by atoms with Crippen LogP contribution in [0, 0.1) is 28.5 Å². The van der Waals surface area contributed by atoms with Crippen LogP contribution in [0.5, 0.6) is 0 Å². The number of hydrogen-bond acceptors (Lipinski definition) is 3. The Kier molecular flexibility index (Phi) is 4.63. The van der Waals surface area contributed by atoms with E-state index in [-0.39, 0.29) is 0 Å². The summed E-state index contributed by atoms with van der Waals surface area (Å²) in [6.45, 7) is 3.81. The van der Waals surface area contributed by atoms with E-state index < -0.39 is 16.8 Å². The van der Waals surface area contributed by atoms with Crippen LogP contribution in [0.25, 0.3) is 0 Å². The number of aromatic nitrogens is 1. The molecule has 4 heteroatoms. The van der Waals surface area contributed by atoms with Crippen molar-refractivity contribution in [2.24, 2.45) is 11.3 Å². The Morgan fingerprint density at radius 3 is 2.62 bits per heavy atom. The largest absolute Gasteiger partial charge is 0.382 e. The van der Waals surface area contributed by atoms with Crippen molar-refractivity contribution in [3.05, 3.63) is 29.8 Å². The number of nitrogens with zero attached hydrogens (tertiary/aromatic N) is 2. The van der Waals surface area contributed by atoms with Gasteiger partial charge in [0.15, 0.2) is 0 Å². The normalized spacial score (nSPS) is 28.6. The number of rotatable bonds is 4. The highest BCUT2D eigenvalue weighted by Crippen LogP contribution is 2.50. The molecule has 0 bridgehead atoms. The second-order valence-corrected chi connectivity index (χ2v) is 6.36. The second-order valence-electron chi connectivity index (χ2n) is 6.36. The molecular weight excluding hydrogens is 267 g/mol. The third kappa shape index (κ3) is 2.94. The van der Waals surface area contributed by atoms with E-state index in [1.807, 2.05) is 0 Å². The van der Waals surface area contributed by atoms with E-state index in [1.165, 1.54) is 18.6 Å². The summed E-state index contributed by atoms with van der Waals surface area (Å²) in [6.07, 6.45) is 6.67. The lowest BCUT2D eigenvalue weighted by molar-refractivity contribution is -0.0732. The Balaban J connectivity index is 2.24. The Bertz CT molecular complexity index is 511. The molecule has 1 aromatic heterocycles. The van der Waals surface area contributed by atoms with Crippen molar-refractivity contribution in [2.45, 2.75) is 58.0 Å². The van der Waals surface area contributed by atoms with Gasteiger partial charge in [0.05, 0.1) is 23.4 Å². The van der Waals surface area contributed by atoms with Crippen LogP contribution in [0.3, 0.4) is 0 Å². The van der Waals surface area contributed by atoms with E-state index in [0.717, 1.165) is 25.5 Å². The van der Waals surface area contributed by atoms with E-state index >= 15 is 0 Å². The van der Waals surface area contributed by atoms with E-state index in [2.05, 4.69) is 18.0 Å². The van der Waals surface area contributed by atoms with Gasteiger partial charge in [-0.25, -0.2) is 4.39 Å². The summed E-state index contributed by atoms with van der Waals surface area (Å²) in [5.41, 5.74) is -1.81. The quantitative estimate of drug-likeness (QED) is 0.914. The molecule has 1 heterocycles. The summed E-state index contributed by atoms with van der Waals surface area (Å²) >= 11 is 0. The van der Waals surface area contributed by atoms with E-state index in [4.69, 9.17) is 0 Å². The first-order valence-corrected chi connectivity index (χ1v) is 7.71. The van der Waals surface area contributed by atoms with Crippen LogP contribution >= 0.6 is 0 Å². The molecule has 0 radical (unpaired) electrons. The summed E-state index contributed by atoms with van der Waals surface area (Å²) in [5.74, 6) is 0.209. The van der Waals surface area contributed by atoms with Gasteiger partial charge in [-0.1, -0.05) is 19.8 Å². The maximum atomic E-state index is 13.0. The fourth-order valence-electron chi connectivity index (χ4n) is 3.48. The van der Waals surface area contributed by atoms with Crippen molar-refractivity contribution in [2.75, 3.05) is 0 Å². The number of halogens is 1. The van der Waals surface area contributed by atoms with Gasteiger partial charge in [0.25, 0.3) is 0 Å². The Hall–Kier alpha value is -1.47. The standard InChI is InChI=1S/C17H23FN2O/c1-3-4-13-7-9-17(12-19,10-8-13)16(2,21)15-6-5-14(18)11-20-15/h5-6,11,13,21H,3-4,7-10H2,1-2H3. The summed E-state index contributed by atoms with van der Waals surface area (Å²) in [5, 5.41) is 20.7. The molecule has 0 aliphatic heterocycles. The third-order valence-corrected chi connectivity index (χ3v) is 5.03. The number of pyridine rings is 1. The summed E-state index contributed by atoms with van der Waals surface area (Å²) in [6, 6.07) is 5.11. The molecule has 1 saturated carbocycles. The molecule has 114 valence electrons. The number of aliphatic hydroxyl groups is 1. The van der Waals surface area contributed by atoms with Gasteiger partial charge in [0.1, 0.15) is 11.4 Å². The minimum absolute atomic E-state index is 0.374. The molecule has 1 atom stereocenters. The Morgan fingerprint density at radius 2 is 2.14 bits per heavy atom. The molecule has 0 amide bonds. The molecule has 1 aliphatic rings. The molecular formula is C17H23FN2O. The van der Waals surface area contributed by atoms with Crippen LogP contribution < -0.4 is 0 Å². The maximum Gasteiger partial charge on any atom is 0.141 e. The van der Waals surface area contributed by atoms with Crippen molar-refractivity contribution in [3.63, 3.8) is 0 Å². The average Bonchev–Trinajstić information content (AvgIpc) is 2.49. The van der Waals surface area contributed by atoms with Crippen LogP contribution in [-0.4, -0.2) is 10.1 Å². The van der Waals surface area contributed by atoms with Gasteiger partial charge < -0.3 is 5.11 Å². The van der Waals surface area contributed by atoms with Gasteiger partial charge >= 0.3 is 0 Å². The SMILES string of the molecule is CCCC1CCC(C#N)(C(C)(O)c2ccc(F)cn2)CC1. The van der Waals surface area contributed by atoms with Gasteiger partial charge in [-0.3, -0.25) is 4.98 Å². The molecule has 0 spiro atoms. The average molecular weight is 290 g/mol. The third-order valence-electron chi connectivity index (χ3n) is 5.03. The number of hydrogen-bond donors (Lipinski definition) is 1. The number of nitriles is 1. The predicted molar refractivity (Wildman–Crippen MR) is 78.7 cm³/mol. The second kappa shape index (κ2) is 6.11. The van der Waals surface area contributed by atoms with Gasteiger partial charge in [0.2, 0.25) is 0 Å². The van der Waals surface area contributed by atoms with Crippen molar-refractivity contribution >= 4 is 0 Å². The Labute approximate surface area is 125 Å². The molecule has 1 fully saturated rings. The molecule has 2 rings (SSSR count). The minimum Gasteiger partial charge on any atom is -0.382 e. The molecule has 1 N–H and O–H groups in total. The minimum atomic E-state index is -1.35. The lowest BCUT2D eigenvalue weighted by Crippen LogP contribution is -2.45. The molecule has 0 saturated heterocycles. The lowest BCUT2D eigenvalue weighted by atomic mass is 9.61. The fourth-order valence-corrected chi connectivity index (χ4v) is 3.48. The molecule has 21 heavy (non-hydrogen) atoms.